The maximum Gasteiger partial charge on any atom is 0.142 e. The summed E-state index contributed by atoms with van der Waals surface area (Å²) in [7, 11) is 0. The third-order valence-corrected chi connectivity index (χ3v) is 2.69. The summed E-state index contributed by atoms with van der Waals surface area (Å²) in [5.41, 5.74) is 2.23. The zero-order valence-corrected chi connectivity index (χ0v) is 11.5. The molecule has 2 aromatic rings. The van der Waals surface area contributed by atoms with Gasteiger partial charge in [0.05, 0.1) is 12.3 Å². The summed E-state index contributed by atoms with van der Waals surface area (Å²) >= 11 is 0. The predicted molar refractivity (Wildman–Crippen MR) is 78.3 cm³/mol. The maximum absolute atomic E-state index is 5.81. The Balaban J connectivity index is 1.99. The molecule has 0 unspecified atom stereocenters. The van der Waals surface area contributed by atoms with Crippen molar-refractivity contribution in [1.29, 1.82) is 0 Å². The van der Waals surface area contributed by atoms with Gasteiger partial charge in [0.15, 0.2) is 0 Å². The summed E-state index contributed by atoms with van der Waals surface area (Å²) in [4.78, 5) is 4.01. The molecule has 0 atom stereocenters. The minimum atomic E-state index is 0.522. The highest BCUT2D eigenvalue weighted by molar-refractivity contribution is 5.56. The van der Waals surface area contributed by atoms with Crippen LogP contribution in [0, 0.1) is 5.92 Å². The first kappa shape index (κ1) is 13.4. The van der Waals surface area contributed by atoms with Crippen LogP contribution in [0.5, 0.6) is 5.75 Å². The van der Waals surface area contributed by atoms with Crippen molar-refractivity contribution in [2.24, 2.45) is 5.92 Å². The molecule has 3 heteroatoms. The lowest BCUT2D eigenvalue weighted by Gasteiger charge is -2.14. The second-order valence-electron chi connectivity index (χ2n) is 4.91. The number of aromatic nitrogens is 1. The first-order valence-electron chi connectivity index (χ1n) is 6.60. The molecular weight excluding hydrogens is 236 g/mol. The van der Waals surface area contributed by atoms with Crippen molar-refractivity contribution >= 4 is 5.69 Å². The molecule has 2 rings (SSSR count). The van der Waals surface area contributed by atoms with Gasteiger partial charge in [0.2, 0.25) is 0 Å². The lowest BCUT2D eigenvalue weighted by molar-refractivity contribution is 0.272. The monoisotopic (exact) mass is 256 g/mol. The second kappa shape index (κ2) is 6.78. The van der Waals surface area contributed by atoms with Crippen LogP contribution in [-0.4, -0.2) is 11.6 Å². The van der Waals surface area contributed by atoms with Crippen molar-refractivity contribution in [3.8, 4) is 5.75 Å². The standard InChI is InChI=1S/C16H20N2O/c1-13(2)12-19-16-6-4-3-5-15(16)18-11-14-7-9-17-10-8-14/h3-10,13,18H,11-12H2,1-2H3. The Labute approximate surface area is 114 Å². The van der Waals surface area contributed by atoms with Crippen LogP contribution in [0.3, 0.4) is 0 Å². The van der Waals surface area contributed by atoms with Gasteiger partial charge in [-0.05, 0) is 35.7 Å². The smallest absolute Gasteiger partial charge is 0.142 e. The molecule has 1 heterocycles. The number of rotatable bonds is 6. The summed E-state index contributed by atoms with van der Waals surface area (Å²) in [6, 6.07) is 12.0. The highest BCUT2D eigenvalue weighted by atomic mass is 16.5. The molecule has 0 amide bonds. The number of hydrogen-bond acceptors (Lipinski definition) is 3. The number of benzene rings is 1. The SMILES string of the molecule is CC(C)COc1ccccc1NCc1ccncc1. The molecule has 0 fully saturated rings. The van der Waals surface area contributed by atoms with E-state index in [0.717, 1.165) is 24.6 Å². The maximum atomic E-state index is 5.81. The van der Waals surface area contributed by atoms with Crippen LogP contribution in [0.1, 0.15) is 19.4 Å². The van der Waals surface area contributed by atoms with Crippen molar-refractivity contribution in [3.63, 3.8) is 0 Å². The lowest BCUT2D eigenvalue weighted by Crippen LogP contribution is -2.07. The van der Waals surface area contributed by atoms with E-state index < -0.39 is 0 Å². The minimum Gasteiger partial charge on any atom is -0.491 e. The minimum absolute atomic E-state index is 0.522. The highest BCUT2D eigenvalue weighted by Gasteiger charge is 2.03. The van der Waals surface area contributed by atoms with Crippen molar-refractivity contribution in [1.82, 2.24) is 4.98 Å². The molecule has 1 N–H and O–H groups in total. The van der Waals surface area contributed by atoms with E-state index in [1.807, 2.05) is 36.4 Å². The van der Waals surface area contributed by atoms with Crippen LogP contribution in [0.15, 0.2) is 48.8 Å². The van der Waals surface area contributed by atoms with E-state index in [-0.39, 0.29) is 0 Å². The lowest BCUT2D eigenvalue weighted by atomic mass is 10.2. The quantitative estimate of drug-likeness (QED) is 0.855. The Bertz CT molecular complexity index is 497. The van der Waals surface area contributed by atoms with E-state index in [0.29, 0.717) is 5.92 Å². The van der Waals surface area contributed by atoms with Crippen molar-refractivity contribution in [2.75, 3.05) is 11.9 Å². The second-order valence-corrected chi connectivity index (χ2v) is 4.91. The Morgan fingerprint density at radius 1 is 1.11 bits per heavy atom. The molecule has 0 aliphatic rings. The van der Waals surface area contributed by atoms with Crippen molar-refractivity contribution in [3.05, 3.63) is 54.4 Å². The number of pyridine rings is 1. The van der Waals surface area contributed by atoms with Gasteiger partial charge in [-0.3, -0.25) is 4.98 Å². The molecule has 1 aromatic carbocycles. The zero-order chi connectivity index (χ0) is 13.5. The predicted octanol–water partition coefficient (Wildman–Crippen LogP) is 3.73. The first-order chi connectivity index (χ1) is 9.25. The topological polar surface area (TPSA) is 34.1 Å². The Morgan fingerprint density at radius 3 is 2.58 bits per heavy atom. The number of para-hydroxylation sites is 2. The molecule has 0 radical (unpaired) electrons. The molecule has 0 saturated carbocycles. The van der Waals surface area contributed by atoms with Gasteiger partial charge >= 0.3 is 0 Å². The van der Waals surface area contributed by atoms with E-state index in [4.69, 9.17) is 4.74 Å². The van der Waals surface area contributed by atoms with E-state index >= 15 is 0 Å². The Kier molecular flexibility index (Phi) is 4.78. The van der Waals surface area contributed by atoms with E-state index in [1.54, 1.807) is 12.4 Å². The van der Waals surface area contributed by atoms with Gasteiger partial charge in [0.1, 0.15) is 5.75 Å². The Morgan fingerprint density at radius 2 is 1.84 bits per heavy atom. The van der Waals surface area contributed by atoms with Gasteiger partial charge in [-0.1, -0.05) is 26.0 Å². The number of nitrogens with zero attached hydrogens (tertiary/aromatic N) is 1. The molecule has 19 heavy (non-hydrogen) atoms. The Hall–Kier alpha value is -2.03. The summed E-state index contributed by atoms with van der Waals surface area (Å²) in [5.74, 6) is 1.43. The van der Waals surface area contributed by atoms with Gasteiger partial charge < -0.3 is 10.1 Å². The highest BCUT2D eigenvalue weighted by Crippen LogP contribution is 2.24. The molecule has 0 aliphatic heterocycles. The van der Waals surface area contributed by atoms with Gasteiger partial charge in [0.25, 0.3) is 0 Å². The fourth-order valence-corrected chi connectivity index (χ4v) is 1.69. The molecule has 3 nitrogen and oxygen atoms in total. The van der Waals surface area contributed by atoms with E-state index in [9.17, 15) is 0 Å². The van der Waals surface area contributed by atoms with Crippen molar-refractivity contribution in [2.45, 2.75) is 20.4 Å². The van der Waals surface area contributed by atoms with Crippen LogP contribution in [0.2, 0.25) is 0 Å². The van der Waals surface area contributed by atoms with Crippen LogP contribution < -0.4 is 10.1 Å². The van der Waals surface area contributed by atoms with E-state index in [2.05, 4.69) is 24.1 Å². The van der Waals surface area contributed by atoms with Crippen LogP contribution in [0.25, 0.3) is 0 Å². The third-order valence-electron chi connectivity index (χ3n) is 2.69. The van der Waals surface area contributed by atoms with Gasteiger partial charge in [-0.15, -0.1) is 0 Å². The first-order valence-corrected chi connectivity index (χ1v) is 6.60. The fourth-order valence-electron chi connectivity index (χ4n) is 1.69. The molecule has 0 aliphatic carbocycles. The summed E-state index contributed by atoms with van der Waals surface area (Å²) in [6.45, 7) is 5.79. The molecule has 100 valence electrons. The molecule has 0 saturated heterocycles. The fraction of sp³-hybridized carbons (Fsp3) is 0.312. The van der Waals surface area contributed by atoms with Crippen LogP contribution >= 0.6 is 0 Å². The van der Waals surface area contributed by atoms with Gasteiger partial charge in [-0.25, -0.2) is 0 Å². The molecule has 0 bridgehead atoms. The largest absolute Gasteiger partial charge is 0.491 e. The van der Waals surface area contributed by atoms with Crippen LogP contribution in [-0.2, 0) is 6.54 Å². The molecule has 0 spiro atoms. The third kappa shape index (κ3) is 4.28. The van der Waals surface area contributed by atoms with E-state index in [1.165, 1.54) is 5.56 Å². The molecular formula is C16H20N2O. The average Bonchev–Trinajstić information content (AvgIpc) is 2.45. The number of anilines is 1. The van der Waals surface area contributed by atoms with Crippen molar-refractivity contribution < 1.29 is 4.74 Å². The average molecular weight is 256 g/mol. The summed E-state index contributed by atoms with van der Waals surface area (Å²) in [5, 5.41) is 3.40. The van der Waals surface area contributed by atoms with Crippen LogP contribution in [0.4, 0.5) is 5.69 Å². The zero-order valence-electron chi connectivity index (χ0n) is 11.5. The van der Waals surface area contributed by atoms with Gasteiger partial charge in [-0.2, -0.15) is 0 Å². The summed E-state index contributed by atoms with van der Waals surface area (Å²) < 4.78 is 5.81. The molecule has 1 aromatic heterocycles. The number of hydrogen-bond donors (Lipinski definition) is 1. The normalized spacial score (nSPS) is 10.5. The number of ether oxygens (including phenoxy) is 1. The number of nitrogens with one attached hydrogen (secondary N) is 1. The van der Waals surface area contributed by atoms with Gasteiger partial charge in [0, 0.05) is 18.9 Å². The summed E-state index contributed by atoms with van der Waals surface area (Å²) in [6.07, 6.45) is 3.61.